The van der Waals surface area contributed by atoms with Crippen molar-refractivity contribution >= 4 is 17.3 Å². The molecule has 1 aliphatic rings. The van der Waals surface area contributed by atoms with Crippen molar-refractivity contribution in [1.29, 1.82) is 0 Å². The Hall–Kier alpha value is -2.64. The molecule has 3 heterocycles. The van der Waals surface area contributed by atoms with E-state index < -0.39 is 5.97 Å². The number of aromatic amines is 1. The molecule has 128 valence electrons. The fraction of sp³-hybridized carbons (Fsp3) is 0.222. The second-order valence-corrected chi connectivity index (χ2v) is 6.88. The molecule has 4 rings (SSSR count). The van der Waals surface area contributed by atoms with E-state index in [1.807, 2.05) is 0 Å². The molecular weight excluding hydrogens is 338 g/mol. The molecule has 1 aliphatic heterocycles. The first-order chi connectivity index (χ1) is 12.1. The van der Waals surface area contributed by atoms with Gasteiger partial charge in [0.2, 0.25) is 0 Å². The van der Waals surface area contributed by atoms with Gasteiger partial charge in [0.25, 0.3) is 0 Å². The zero-order valence-corrected chi connectivity index (χ0v) is 14.2. The van der Waals surface area contributed by atoms with Crippen LogP contribution in [0.2, 0.25) is 0 Å². The van der Waals surface area contributed by atoms with Crippen molar-refractivity contribution in [3.63, 3.8) is 0 Å². The zero-order chi connectivity index (χ0) is 17.4. The number of benzene rings is 1. The van der Waals surface area contributed by atoms with Crippen molar-refractivity contribution in [2.45, 2.75) is 19.0 Å². The smallest absolute Gasteiger partial charge is 0.339 e. The number of carbonyl (C=O) groups is 1. The van der Waals surface area contributed by atoms with Crippen molar-refractivity contribution < 1.29 is 15.0 Å². The molecule has 1 aromatic carbocycles. The number of aromatic hydroxyl groups is 1. The number of nitrogens with zero attached hydrogens (tertiary/aromatic N) is 2. The second-order valence-electron chi connectivity index (χ2n) is 6.10. The number of hydrogen-bond acceptors (Lipinski definition) is 5. The van der Waals surface area contributed by atoms with Gasteiger partial charge in [-0.25, -0.2) is 9.78 Å². The Labute approximate surface area is 148 Å². The lowest BCUT2D eigenvalue weighted by Gasteiger charge is -2.34. The molecule has 3 aromatic rings. The van der Waals surface area contributed by atoms with Crippen molar-refractivity contribution in [3.05, 3.63) is 69.4 Å². The zero-order valence-electron chi connectivity index (χ0n) is 13.3. The number of carboxylic acid groups (broad SMARTS) is 1. The molecule has 0 fully saturated rings. The van der Waals surface area contributed by atoms with Crippen LogP contribution in [0.3, 0.4) is 0 Å². The number of hydrogen-bond donors (Lipinski definition) is 3. The number of nitrogens with one attached hydrogen (secondary N) is 1. The summed E-state index contributed by atoms with van der Waals surface area (Å²) in [4.78, 5) is 21.3. The molecule has 3 N–H and O–H groups in total. The summed E-state index contributed by atoms with van der Waals surface area (Å²) < 4.78 is 0. The number of carboxylic acids is 1. The summed E-state index contributed by atoms with van der Waals surface area (Å²) in [7, 11) is 0. The molecule has 0 radical (unpaired) electrons. The highest BCUT2D eigenvalue weighted by Gasteiger charge is 2.31. The molecule has 0 spiro atoms. The molecule has 25 heavy (non-hydrogen) atoms. The summed E-state index contributed by atoms with van der Waals surface area (Å²) >= 11 is 1.65. The maximum absolute atomic E-state index is 11.3. The van der Waals surface area contributed by atoms with E-state index in [9.17, 15) is 15.0 Å². The van der Waals surface area contributed by atoms with Crippen LogP contribution >= 0.6 is 11.3 Å². The predicted octanol–water partition coefficient (Wildman–Crippen LogP) is 3.02. The van der Waals surface area contributed by atoms with Crippen LogP contribution < -0.4 is 0 Å². The molecule has 2 aromatic heterocycles. The van der Waals surface area contributed by atoms with E-state index in [1.165, 1.54) is 11.6 Å². The Morgan fingerprint density at radius 3 is 3.04 bits per heavy atom. The third-order valence-corrected chi connectivity index (χ3v) is 5.26. The van der Waals surface area contributed by atoms with Crippen LogP contribution in [0.25, 0.3) is 0 Å². The van der Waals surface area contributed by atoms with Crippen LogP contribution in [0.4, 0.5) is 0 Å². The van der Waals surface area contributed by atoms with E-state index in [2.05, 4.69) is 31.7 Å². The largest absolute Gasteiger partial charge is 0.507 e. The number of H-pyrrole nitrogens is 1. The summed E-state index contributed by atoms with van der Waals surface area (Å²) in [5.74, 6) is -1.33. The Kier molecular flexibility index (Phi) is 4.03. The van der Waals surface area contributed by atoms with Crippen LogP contribution in [0, 0.1) is 0 Å². The predicted molar refractivity (Wildman–Crippen MR) is 93.9 cm³/mol. The van der Waals surface area contributed by atoms with E-state index in [1.54, 1.807) is 29.8 Å². The SMILES string of the molecule is O=C(O)c1cc(CN2CCc3[nH]cnc3C2c2ccsc2)ccc1O. The number of fused-ring (bicyclic) bond motifs is 1. The topological polar surface area (TPSA) is 89.5 Å². The highest BCUT2D eigenvalue weighted by atomic mass is 32.1. The van der Waals surface area contributed by atoms with Crippen LogP contribution in [-0.4, -0.2) is 37.6 Å². The highest BCUT2D eigenvalue weighted by Crippen LogP contribution is 2.35. The number of phenols is 1. The van der Waals surface area contributed by atoms with Crippen molar-refractivity contribution in [3.8, 4) is 5.75 Å². The minimum atomic E-state index is -1.12. The van der Waals surface area contributed by atoms with E-state index in [4.69, 9.17) is 0 Å². The molecule has 6 nitrogen and oxygen atoms in total. The van der Waals surface area contributed by atoms with Crippen molar-refractivity contribution in [2.24, 2.45) is 0 Å². The molecule has 7 heteroatoms. The lowest BCUT2D eigenvalue weighted by molar-refractivity contribution is 0.0693. The summed E-state index contributed by atoms with van der Waals surface area (Å²) in [5, 5.41) is 23.1. The van der Waals surface area contributed by atoms with Crippen LogP contribution in [0.15, 0.2) is 41.4 Å². The van der Waals surface area contributed by atoms with Gasteiger partial charge in [-0.15, -0.1) is 0 Å². The monoisotopic (exact) mass is 355 g/mol. The molecule has 0 aliphatic carbocycles. The number of imidazole rings is 1. The molecule has 0 bridgehead atoms. The quantitative estimate of drug-likeness (QED) is 0.669. The standard InChI is InChI=1S/C18H17N3O3S/c22-15-2-1-11(7-13(15)18(23)24)8-21-5-3-14-16(20-10-19-14)17(21)12-4-6-25-9-12/h1-2,4,6-7,9-10,17,22H,3,5,8H2,(H,19,20)(H,23,24). The molecule has 1 atom stereocenters. The van der Waals surface area contributed by atoms with Crippen molar-refractivity contribution in [1.82, 2.24) is 14.9 Å². The van der Waals surface area contributed by atoms with Gasteiger partial charge in [0, 0.05) is 25.2 Å². The first kappa shape index (κ1) is 15.9. The fourth-order valence-corrected chi connectivity index (χ4v) is 4.06. The summed E-state index contributed by atoms with van der Waals surface area (Å²) in [6.07, 6.45) is 2.61. The van der Waals surface area contributed by atoms with Gasteiger partial charge in [-0.3, -0.25) is 4.90 Å². The van der Waals surface area contributed by atoms with Gasteiger partial charge >= 0.3 is 5.97 Å². The van der Waals surface area contributed by atoms with Crippen LogP contribution in [-0.2, 0) is 13.0 Å². The summed E-state index contributed by atoms with van der Waals surface area (Å²) in [6, 6.07) is 6.91. The van der Waals surface area contributed by atoms with Crippen molar-refractivity contribution in [2.75, 3.05) is 6.54 Å². The third kappa shape index (κ3) is 2.92. The lowest BCUT2D eigenvalue weighted by Crippen LogP contribution is -2.35. The second kappa shape index (κ2) is 6.34. The average molecular weight is 355 g/mol. The minimum absolute atomic E-state index is 0.0448. The Bertz CT molecular complexity index is 904. The van der Waals surface area contributed by atoms with Gasteiger partial charge in [-0.1, -0.05) is 6.07 Å². The Morgan fingerprint density at radius 2 is 2.28 bits per heavy atom. The maximum Gasteiger partial charge on any atom is 0.339 e. The van der Waals surface area contributed by atoms with Gasteiger partial charge in [-0.2, -0.15) is 11.3 Å². The highest BCUT2D eigenvalue weighted by molar-refractivity contribution is 7.08. The maximum atomic E-state index is 11.3. The van der Waals surface area contributed by atoms with Gasteiger partial charge < -0.3 is 15.2 Å². The van der Waals surface area contributed by atoms with Gasteiger partial charge in [0.1, 0.15) is 11.3 Å². The molecule has 0 amide bonds. The normalized spacial score (nSPS) is 17.4. The number of aromatic carboxylic acids is 1. The fourth-order valence-electron chi connectivity index (χ4n) is 3.38. The molecule has 1 unspecified atom stereocenters. The van der Waals surface area contributed by atoms with Gasteiger partial charge in [0.05, 0.1) is 18.1 Å². The van der Waals surface area contributed by atoms with Gasteiger partial charge in [0.15, 0.2) is 0 Å². The van der Waals surface area contributed by atoms with E-state index in [-0.39, 0.29) is 17.4 Å². The molecule has 0 saturated heterocycles. The molecule has 0 saturated carbocycles. The van der Waals surface area contributed by atoms with Gasteiger partial charge in [-0.05, 0) is 40.1 Å². The number of rotatable bonds is 4. The summed E-state index contributed by atoms with van der Waals surface area (Å²) in [6.45, 7) is 1.44. The van der Waals surface area contributed by atoms with Crippen LogP contribution in [0.5, 0.6) is 5.75 Å². The molecular formula is C18H17N3O3S. The van der Waals surface area contributed by atoms with E-state index in [0.29, 0.717) is 6.54 Å². The Balaban J connectivity index is 1.68. The average Bonchev–Trinajstić information content (AvgIpc) is 3.27. The third-order valence-electron chi connectivity index (χ3n) is 4.56. The summed E-state index contributed by atoms with van der Waals surface area (Å²) in [5.41, 5.74) is 4.16. The minimum Gasteiger partial charge on any atom is -0.507 e. The van der Waals surface area contributed by atoms with E-state index >= 15 is 0 Å². The number of aromatic nitrogens is 2. The first-order valence-corrected chi connectivity index (χ1v) is 8.91. The van der Waals surface area contributed by atoms with Crippen LogP contribution in [0.1, 0.15) is 38.9 Å². The van der Waals surface area contributed by atoms with E-state index in [0.717, 1.165) is 29.9 Å². The lowest BCUT2D eigenvalue weighted by atomic mass is 9.97. The first-order valence-electron chi connectivity index (χ1n) is 7.97. The Morgan fingerprint density at radius 1 is 1.40 bits per heavy atom. The number of thiophene rings is 1.